The topological polar surface area (TPSA) is 37.3 Å². The van der Waals surface area contributed by atoms with Gasteiger partial charge in [-0.25, -0.2) is 0 Å². The highest BCUT2D eigenvalue weighted by Gasteiger charge is 2.02. The maximum absolute atomic E-state index is 10.4. The molecule has 0 unspecified atom stereocenters. The Morgan fingerprint density at radius 3 is 2.46 bits per heavy atom. The van der Waals surface area contributed by atoms with E-state index in [1.54, 1.807) is 0 Å². The highest BCUT2D eigenvalue weighted by atomic mass is 32.2. The fourth-order valence-electron chi connectivity index (χ4n) is 1.08. The molecular formula is C10H13O2S+. The minimum absolute atomic E-state index is 0.114. The average Bonchev–Trinajstić information content (AvgIpc) is 2.08. The van der Waals surface area contributed by atoms with E-state index in [0.29, 0.717) is 0 Å². The van der Waals surface area contributed by atoms with Gasteiger partial charge in [-0.05, 0) is 24.6 Å². The number of aliphatic carboxylic acids is 1. The molecular weight excluding hydrogens is 184 g/mol. The van der Waals surface area contributed by atoms with Crippen LogP contribution in [0, 0.1) is 0 Å². The Labute approximate surface area is 82.0 Å². The van der Waals surface area contributed by atoms with Gasteiger partial charge in [-0.3, -0.25) is 4.79 Å². The molecule has 13 heavy (non-hydrogen) atoms. The Bertz CT molecular complexity index is 279. The zero-order chi connectivity index (χ0) is 9.68. The van der Waals surface area contributed by atoms with Crippen LogP contribution in [0.2, 0.25) is 0 Å². The van der Waals surface area contributed by atoms with Gasteiger partial charge in [0.15, 0.2) is 4.90 Å². The fraction of sp³-hybridized carbons (Fsp3) is 0.300. The van der Waals surface area contributed by atoms with E-state index in [1.165, 1.54) is 16.7 Å². The van der Waals surface area contributed by atoms with Gasteiger partial charge in [-0.1, -0.05) is 12.1 Å². The van der Waals surface area contributed by atoms with Crippen molar-refractivity contribution in [2.45, 2.75) is 18.2 Å². The molecule has 0 spiro atoms. The molecule has 0 saturated heterocycles. The molecule has 0 aliphatic heterocycles. The predicted octanol–water partition coefficient (Wildman–Crippen LogP) is 1.51. The molecule has 0 aliphatic carbocycles. The number of carboxylic acid groups (broad SMARTS) is 1. The first-order chi connectivity index (χ1) is 6.22. The number of benzene rings is 1. The van der Waals surface area contributed by atoms with Gasteiger partial charge < -0.3 is 5.11 Å². The zero-order valence-electron chi connectivity index (χ0n) is 7.53. The molecule has 0 amide bonds. The summed E-state index contributed by atoms with van der Waals surface area (Å²) in [5, 5.41) is 8.54. The van der Waals surface area contributed by atoms with Crippen molar-refractivity contribution in [1.82, 2.24) is 0 Å². The molecule has 2 nitrogen and oxygen atoms in total. The van der Waals surface area contributed by atoms with Gasteiger partial charge in [-0.2, -0.15) is 0 Å². The Hall–Kier alpha value is -0.960. The van der Waals surface area contributed by atoms with Crippen LogP contribution < -0.4 is 0 Å². The van der Waals surface area contributed by atoms with Crippen molar-refractivity contribution >= 4 is 17.7 Å². The molecule has 0 bridgehead atoms. The smallest absolute Gasteiger partial charge is 0.307 e. The molecule has 1 rings (SSSR count). The molecule has 3 heteroatoms. The normalized spacial score (nSPS) is 9.92. The molecule has 1 aromatic carbocycles. The van der Waals surface area contributed by atoms with Gasteiger partial charge in [-0.15, -0.1) is 0 Å². The summed E-state index contributed by atoms with van der Waals surface area (Å²) in [5.41, 5.74) is 0.863. The predicted molar refractivity (Wildman–Crippen MR) is 55.3 cm³/mol. The lowest BCUT2D eigenvalue weighted by Crippen LogP contribution is -1.99. The van der Waals surface area contributed by atoms with E-state index >= 15 is 0 Å². The molecule has 0 heterocycles. The lowest BCUT2D eigenvalue weighted by molar-refractivity contribution is -0.136. The summed E-state index contributed by atoms with van der Waals surface area (Å²) in [5.74, 6) is 0.318. The van der Waals surface area contributed by atoms with E-state index in [1.807, 2.05) is 24.3 Å². The van der Waals surface area contributed by atoms with Crippen LogP contribution in [-0.2, 0) is 23.0 Å². The summed E-state index contributed by atoms with van der Waals surface area (Å²) in [6, 6.07) is 7.74. The largest absolute Gasteiger partial charge is 0.481 e. The highest BCUT2D eigenvalue weighted by molar-refractivity contribution is 7.78. The third-order valence-electron chi connectivity index (χ3n) is 1.63. The van der Waals surface area contributed by atoms with E-state index < -0.39 is 5.97 Å². The Balaban J connectivity index is 2.64. The minimum atomic E-state index is -0.777. The first-order valence-electron chi connectivity index (χ1n) is 4.20. The molecule has 0 saturated carbocycles. The van der Waals surface area contributed by atoms with Gasteiger partial charge in [0.1, 0.15) is 5.75 Å². The van der Waals surface area contributed by atoms with Crippen LogP contribution in [0.3, 0.4) is 0 Å². The lowest BCUT2D eigenvalue weighted by Gasteiger charge is -1.95. The van der Waals surface area contributed by atoms with Crippen molar-refractivity contribution in [3.8, 4) is 0 Å². The number of carbonyl (C=O) groups is 1. The van der Waals surface area contributed by atoms with Crippen LogP contribution in [0.15, 0.2) is 29.2 Å². The highest BCUT2D eigenvalue weighted by Crippen LogP contribution is 2.07. The Kier molecular flexibility index (Phi) is 3.83. The summed E-state index contributed by atoms with van der Waals surface area (Å²) in [6.07, 6.45) is 0.114. The van der Waals surface area contributed by atoms with Gasteiger partial charge in [0.25, 0.3) is 0 Å². The molecule has 0 aliphatic rings. The second-order valence-corrected chi connectivity index (χ2v) is 4.18. The number of hydrogen-bond donors (Lipinski definition) is 1. The number of thiol groups is 1. The van der Waals surface area contributed by atoms with Crippen LogP contribution in [-0.4, -0.2) is 16.8 Å². The second-order valence-electron chi connectivity index (χ2n) is 2.71. The van der Waals surface area contributed by atoms with E-state index in [2.05, 4.69) is 6.92 Å². The minimum Gasteiger partial charge on any atom is -0.481 e. The van der Waals surface area contributed by atoms with Crippen molar-refractivity contribution in [1.29, 1.82) is 0 Å². The van der Waals surface area contributed by atoms with Crippen LogP contribution in [0.25, 0.3) is 0 Å². The Morgan fingerprint density at radius 1 is 1.38 bits per heavy atom. The van der Waals surface area contributed by atoms with E-state index in [4.69, 9.17) is 5.11 Å². The first kappa shape index (κ1) is 10.1. The van der Waals surface area contributed by atoms with E-state index in [0.717, 1.165) is 11.3 Å². The molecule has 70 valence electrons. The van der Waals surface area contributed by atoms with Gasteiger partial charge in [0.05, 0.1) is 6.42 Å². The van der Waals surface area contributed by atoms with Crippen molar-refractivity contribution in [3.05, 3.63) is 29.8 Å². The second kappa shape index (κ2) is 4.92. The number of rotatable bonds is 4. The molecule has 0 radical (unpaired) electrons. The fourth-order valence-corrected chi connectivity index (χ4v) is 1.80. The summed E-state index contributed by atoms with van der Waals surface area (Å²) in [4.78, 5) is 11.6. The maximum atomic E-state index is 10.4. The van der Waals surface area contributed by atoms with Crippen molar-refractivity contribution in [3.63, 3.8) is 0 Å². The van der Waals surface area contributed by atoms with Crippen molar-refractivity contribution < 1.29 is 9.90 Å². The van der Waals surface area contributed by atoms with Crippen LogP contribution >= 0.6 is 0 Å². The number of hydrogen-bond acceptors (Lipinski definition) is 1. The summed E-state index contributed by atoms with van der Waals surface area (Å²) >= 11 is 1.29. The third-order valence-corrected chi connectivity index (χ3v) is 2.61. The Morgan fingerprint density at radius 2 is 2.00 bits per heavy atom. The van der Waals surface area contributed by atoms with Gasteiger partial charge in [0.2, 0.25) is 0 Å². The van der Waals surface area contributed by atoms with E-state index in [-0.39, 0.29) is 6.42 Å². The van der Waals surface area contributed by atoms with Crippen LogP contribution in [0.4, 0.5) is 0 Å². The number of carboxylic acids is 1. The monoisotopic (exact) mass is 197 g/mol. The van der Waals surface area contributed by atoms with Crippen LogP contribution in [0.5, 0.6) is 0 Å². The molecule has 1 aromatic rings. The summed E-state index contributed by atoms with van der Waals surface area (Å²) in [7, 11) is 0. The van der Waals surface area contributed by atoms with Crippen molar-refractivity contribution in [2.24, 2.45) is 0 Å². The molecule has 0 fully saturated rings. The van der Waals surface area contributed by atoms with Crippen molar-refractivity contribution in [2.75, 3.05) is 5.75 Å². The molecule has 0 atom stereocenters. The standard InChI is InChI=1S/C10H12O2S/c1-2-13-9-5-3-8(4-6-9)7-10(11)12/h3-6H,2,7H2,1H3,(H,11,12)/p+1. The molecule has 0 aromatic heterocycles. The zero-order valence-corrected chi connectivity index (χ0v) is 8.42. The average molecular weight is 197 g/mol. The molecule has 1 N–H and O–H groups in total. The SMILES string of the molecule is CC[SH+]c1ccc(CC(=O)O)cc1. The maximum Gasteiger partial charge on any atom is 0.307 e. The lowest BCUT2D eigenvalue weighted by atomic mass is 10.2. The van der Waals surface area contributed by atoms with E-state index in [9.17, 15) is 4.79 Å². The first-order valence-corrected chi connectivity index (χ1v) is 5.28. The van der Waals surface area contributed by atoms with Crippen LogP contribution in [0.1, 0.15) is 12.5 Å². The van der Waals surface area contributed by atoms with Gasteiger partial charge in [0, 0.05) is 11.8 Å². The quantitative estimate of drug-likeness (QED) is 0.587. The summed E-state index contributed by atoms with van der Waals surface area (Å²) in [6.45, 7) is 2.12. The van der Waals surface area contributed by atoms with Gasteiger partial charge >= 0.3 is 5.97 Å². The summed E-state index contributed by atoms with van der Waals surface area (Å²) < 4.78 is 0. The third kappa shape index (κ3) is 3.51.